The third-order valence-electron chi connectivity index (χ3n) is 4.60. The second kappa shape index (κ2) is 6.70. The van der Waals surface area contributed by atoms with Crippen LogP contribution in [0.25, 0.3) is 0 Å². The number of halogens is 4. The molecule has 2 aromatic carbocycles. The minimum atomic E-state index is -0.114. The Hall–Kier alpha value is -0.0400. The fourth-order valence-corrected chi connectivity index (χ4v) is 5.78. The Labute approximate surface area is 168 Å². The maximum Gasteiger partial charge on any atom is 0.143 e. The summed E-state index contributed by atoms with van der Waals surface area (Å²) in [5, 5.41) is 20.0. The summed E-state index contributed by atoms with van der Waals surface area (Å²) in [6.07, 6.45) is 4.40. The highest BCUT2D eigenvalue weighted by Gasteiger charge is 2.38. The number of phenolic OH excluding ortho intramolecular Hbond substituents is 2. The minimum absolute atomic E-state index is 0.114. The number of benzene rings is 2. The van der Waals surface area contributed by atoms with E-state index in [1.165, 1.54) is 0 Å². The first-order valence-electron chi connectivity index (χ1n) is 7.22. The van der Waals surface area contributed by atoms with E-state index in [9.17, 15) is 10.2 Å². The van der Waals surface area contributed by atoms with Gasteiger partial charge in [-0.3, -0.25) is 0 Å². The van der Waals surface area contributed by atoms with Crippen LogP contribution in [0.1, 0.15) is 36.8 Å². The molecule has 122 valence electrons. The molecule has 0 unspecified atom stereocenters. The molecule has 0 saturated heterocycles. The molecule has 0 bridgehead atoms. The fraction of sp³-hybridized carbons (Fsp3) is 0.294. The number of rotatable bonds is 2. The third-order valence-corrected chi connectivity index (χ3v) is 7.01. The fourth-order valence-electron chi connectivity index (χ4n) is 3.41. The summed E-state index contributed by atoms with van der Waals surface area (Å²) in [6.45, 7) is 0. The van der Waals surface area contributed by atoms with Gasteiger partial charge in [0.25, 0.3) is 0 Å². The van der Waals surface area contributed by atoms with Gasteiger partial charge in [0.2, 0.25) is 0 Å². The molecular weight excluding hydrogens is 556 g/mol. The second-order valence-electron chi connectivity index (χ2n) is 5.87. The maximum absolute atomic E-state index is 10.0. The van der Waals surface area contributed by atoms with Crippen molar-refractivity contribution < 1.29 is 10.2 Å². The number of phenols is 2. The van der Waals surface area contributed by atoms with Gasteiger partial charge in [0.05, 0.1) is 17.9 Å². The largest absolute Gasteiger partial charge is 0.506 e. The van der Waals surface area contributed by atoms with E-state index < -0.39 is 0 Å². The number of aromatic hydroxyl groups is 2. The summed E-state index contributed by atoms with van der Waals surface area (Å²) in [5.41, 5.74) is 2.21. The Kier molecular flexibility index (Phi) is 5.17. The van der Waals surface area contributed by atoms with Gasteiger partial charge in [-0.15, -0.1) is 0 Å². The topological polar surface area (TPSA) is 40.5 Å². The molecule has 2 N–H and O–H groups in total. The van der Waals surface area contributed by atoms with Gasteiger partial charge >= 0.3 is 0 Å². The molecule has 23 heavy (non-hydrogen) atoms. The Bertz CT molecular complexity index is 662. The lowest BCUT2D eigenvalue weighted by atomic mass is 9.73. The number of hydrogen-bond acceptors (Lipinski definition) is 2. The van der Waals surface area contributed by atoms with E-state index in [4.69, 9.17) is 0 Å². The molecule has 1 aliphatic carbocycles. The molecule has 2 aromatic rings. The SMILES string of the molecule is Oc1c(Br)cc(C2(c3cc(Br)c(O)c(Br)c3)CCCC2)cc1Br. The average Bonchev–Trinajstić information content (AvgIpc) is 3.00. The van der Waals surface area contributed by atoms with Crippen molar-refractivity contribution in [2.24, 2.45) is 0 Å². The van der Waals surface area contributed by atoms with Crippen LogP contribution in [-0.2, 0) is 5.41 Å². The van der Waals surface area contributed by atoms with Crippen LogP contribution in [0, 0.1) is 0 Å². The molecule has 0 atom stereocenters. The smallest absolute Gasteiger partial charge is 0.143 e. The van der Waals surface area contributed by atoms with Gasteiger partial charge in [-0.2, -0.15) is 0 Å². The molecular formula is C17H14Br4O2. The Morgan fingerprint density at radius 3 is 1.26 bits per heavy atom. The van der Waals surface area contributed by atoms with Crippen molar-refractivity contribution in [3.05, 3.63) is 53.3 Å². The number of hydrogen-bond donors (Lipinski definition) is 2. The van der Waals surface area contributed by atoms with Crippen molar-refractivity contribution in [3.8, 4) is 11.5 Å². The molecule has 0 aromatic heterocycles. The first-order chi connectivity index (χ1) is 10.8. The first kappa shape index (κ1) is 17.8. The molecule has 0 radical (unpaired) electrons. The van der Waals surface area contributed by atoms with Crippen molar-refractivity contribution in [3.63, 3.8) is 0 Å². The summed E-state index contributed by atoms with van der Waals surface area (Å²) in [7, 11) is 0. The van der Waals surface area contributed by atoms with E-state index in [2.05, 4.69) is 63.7 Å². The standard InChI is InChI=1S/C17H14Br4O2/c18-11-5-9(6-12(19)15(11)22)17(3-1-2-4-17)10-7-13(20)16(23)14(21)8-10/h5-8,22-23H,1-4H2. The molecule has 6 heteroatoms. The van der Waals surface area contributed by atoms with Crippen molar-refractivity contribution in [1.82, 2.24) is 0 Å². The molecule has 0 amide bonds. The lowest BCUT2D eigenvalue weighted by Gasteiger charge is -2.31. The highest BCUT2D eigenvalue weighted by molar-refractivity contribution is 9.11. The summed E-state index contributed by atoms with van der Waals surface area (Å²) in [4.78, 5) is 0. The van der Waals surface area contributed by atoms with Crippen molar-refractivity contribution in [2.45, 2.75) is 31.1 Å². The van der Waals surface area contributed by atoms with Gasteiger partial charge in [-0.25, -0.2) is 0 Å². The van der Waals surface area contributed by atoms with Crippen molar-refractivity contribution in [1.29, 1.82) is 0 Å². The molecule has 0 heterocycles. The normalized spacial score (nSPS) is 16.7. The maximum atomic E-state index is 10.0. The zero-order chi connectivity index (χ0) is 16.8. The molecule has 1 saturated carbocycles. The Morgan fingerprint density at radius 2 is 0.957 bits per heavy atom. The highest BCUT2D eigenvalue weighted by atomic mass is 79.9. The summed E-state index contributed by atoms with van der Waals surface area (Å²) in [5.74, 6) is 0.435. The summed E-state index contributed by atoms with van der Waals surface area (Å²) in [6, 6.07) is 8.00. The van der Waals surface area contributed by atoms with Crippen LogP contribution < -0.4 is 0 Å². The van der Waals surface area contributed by atoms with E-state index >= 15 is 0 Å². The van der Waals surface area contributed by atoms with Crippen LogP contribution in [0.15, 0.2) is 42.2 Å². The average molecular weight is 570 g/mol. The van der Waals surface area contributed by atoms with Gasteiger partial charge in [-0.1, -0.05) is 12.8 Å². The minimum Gasteiger partial charge on any atom is -0.506 e. The van der Waals surface area contributed by atoms with Crippen LogP contribution in [0.4, 0.5) is 0 Å². The molecule has 0 aliphatic heterocycles. The Morgan fingerprint density at radius 1 is 0.652 bits per heavy atom. The molecule has 0 spiro atoms. The van der Waals surface area contributed by atoms with Crippen molar-refractivity contribution in [2.75, 3.05) is 0 Å². The van der Waals surface area contributed by atoms with Gasteiger partial charge in [0.1, 0.15) is 11.5 Å². The second-order valence-corrected chi connectivity index (χ2v) is 9.28. The van der Waals surface area contributed by atoms with Crippen LogP contribution in [0.2, 0.25) is 0 Å². The van der Waals surface area contributed by atoms with Crippen molar-refractivity contribution >= 4 is 63.7 Å². The third kappa shape index (κ3) is 3.12. The summed E-state index contributed by atoms with van der Waals surface area (Å²) >= 11 is 13.8. The lowest BCUT2D eigenvalue weighted by Crippen LogP contribution is -2.24. The monoisotopic (exact) mass is 566 g/mol. The van der Waals surface area contributed by atoms with Gasteiger partial charge in [0, 0.05) is 5.41 Å². The van der Waals surface area contributed by atoms with Gasteiger partial charge in [-0.05, 0) is 112 Å². The van der Waals surface area contributed by atoms with Gasteiger partial charge < -0.3 is 10.2 Å². The molecule has 1 fully saturated rings. The summed E-state index contributed by atoms with van der Waals surface area (Å²) < 4.78 is 2.74. The van der Waals surface area contributed by atoms with Crippen LogP contribution in [-0.4, -0.2) is 10.2 Å². The van der Waals surface area contributed by atoms with E-state index in [0.29, 0.717) is 17.9 Å². The van der Waals surface area contributed by atoms with Crippen LogP contribution in [0.5, 0.6) is 11.5 Å². The highest BCUT2D eigenvalue weighted by Crippen LogP contribution is 2.51. The quantitative estimate of drug-likeness (QED) is 0.409. The molecule has 3 rings (SSSR count). The predicted octanol–water partition coefficient (Wildman–Crippen LogP) is 7.01. The van der Waals surface area contributed by atoms with Crippen LogP contribution >= 0.6 is 63.7 Å². The van der Waals surface area contributed by atoms with Crippen LogP contribution in [0.3, 0.4) is 0 Å². The molecule has 1 aliphatic rings. The molecule has 2 nitrogen and oxygen atoms in total. The Balaban J connectivity index is 2.22. The zero-order valence-electron chi connectivity index (χ0n) is 12.0. The van der Waals surface area contributed by atoms with Gasteiger partial charge in [0.15, 0.2) is 0 Å². The lowest BCUT2D eigenvalue weighted by molar-refractivity contribution is 0.464. The predicted molar refractivity (Wildman–Crippen MR) is 106 cm³/mol. The van der Waals surface area contributed by atoms with E-state index in [1.807, 2.05) is 24.3 Å². The van der Waals surface area contributed by atoms with E-state index in [1.54, 1.807) is 0 Å². The zero-order valence-corrected chi connectivity index (χ0v) is 18.4. The van der Waals surface area contributed by atoms with E-state index in [-0.39, 0.29) is 16.9 Å². The van der Waals surface area contributed by atoms with E-state index in [0.717, 1.165) is 36.8 Å². The first-order valence-corrected chi connectivity index (χ1v) is 10.4.